The van der Waals surface area contributed by atoms with Gasteiger partial charge in [-0.25, -0.2) is 8.42 Å². The van der Waals surface area contributed by atoms with Crippen LogP contribution >= 0.6 is 15.9 Å². The van der Waals surface area contributed by atoms with Crippen LogP contribution in [0.2, 0.25) is 0 Å². The number of alkyl halides is 6. The van der Waals surface area contributed by atoms with E-state index in [0.29, 0.717) is 10.0 Å². The Morgan fingerprint density at radius 1 is 0.968 bits per heavy atom. The second kappa shape index (κ2) is 10.2. The Labute approximate surface area is 180 Å². The molecule has 31 heavy (non-hydrogen) atoms. The average Bonchev–Trinajstić information content (AvgIpc) is 2.57. The van der Waals surface area contributed by atoms with Crippen molar-refractivity contribution in [2.45, 2.75) is 43.8 Å². The highest BCUT2D eigenvalue weighted by Crippen LogP contribution is 2.47. The maximum atomic E-state index is 13.0. The van der Waals surface area contributed by atoms with Gasteiger partial charge in [-0.1, -0.05) is 34.1 Å². The van der Waals surface area contributed by atoms with Gasteiger partial charge in [-0.2, -0.15) is 26.3 Å². The Bertz CT molecular complexity index is 884. The first-order valence-electron chi connectivity index (χ1n) is 8.16. The van der Waals surface area contributed by atoms with Gasteiger partial charge < -0.3 is 14.0 Å². The van der Waals surface area contributed by atoms with Crippen molar-refractivity contribution in [3.8, 4) is 0 Å². The number of carbonyl (C=O) groups is 2. The lowest BCUT2D eigenvalue weighted by molar-refractivity contribution is -0.361. The van der Waals surface area contributed by atoms with E-state index in [0.717, 1.165) is 0 Å². The van der Waals surface area contributed by atoms with E-state index in [1.54, 1.807) is 24.3 Å². The van der Waals surface area contributed by atoms with E-state index < -0.39 is 65.0 Å². The number of rotatable bonds is 9. The van der Waals surface area contributed by atoms with Crippen LogP contribution in [0.15, 0.2) is 28.7 Å². The maximum absolute atomic E-state index is 13.0. The molecule has 0 heterocycles. The lowest BCUT2D eigenvalue weighted by atomic mass is 10.1. The molecule has 0 radical (unpaired) electrons. The molecule has 0 saturated heterocycles. The molecule has 0 bridgehead atoms. The van der Waals surface area contributed by atoms with Gasteiger partial charge in [0.25, 0.3) is 0 Å². The fourth-order valence-corrected chi connectivity index (χ4v) is 3.47. The van der Waals surface area contributed by atoms with Crippen LogP contribution in [0.4, 0.5) is 26.3 Å². The van der Waals surface area contributed by atoms with Gasteiger partial charge in [0, 0.05) is 22.9 Å². The minimum atomic E-state index is -6.44. The summed E-state index contributed by atoms with van der Waals surface area (Å²) >= 11 is 3.20. The first kappa shape index (κ1) is 27.2. The molecular formula is C16H14BrF6O7S-. The number of hydrogen-bond donors (Lipinski definition) is 0. The molecule has 1 rings (SSSR count). The second-order valence-electron chi connectivity index (χ2n) is 6.10. The van der Waals surface area contributed by atoms with Crippen molar-refractivity contribution in [3.05, 3.63) is 34.3 Å². The standard InChI is InChI=1S/C16H15BrF6O7S/c17-11-5-2-1-4-10(11)8-29-12(24)6-3-7-13(25)30-14(15(18,19)20,16(21,22)23)9-31(26,27)28/h1-2,4-5H,3,6-9H2,(H,26,27,28)/p-1. The third-order valence-corrected chi connectivity index (χ3v) is 5.23. The van der Waals surface area contributed by atoms with Crippen molar-refractivity contribution in [3.63, 3.8) is 0 Å². The van der Waals surface area contributed by atoms with Gasteiger partial charge in [-0.05, 0) is 12.5 Å². The quantitative estimate of drug-likeness (QED) is 0.266. The maximum Gasteiger partial charge on any atom is 0.438 e. The Hall–Kier alpha value is -1.87. The van der Waals surface area contributed by atoms with Gasteiger partial charge in [0.05, 0.1) is 15.9 Å². The molecule has 0 amide bonds. The molecule has 1 aromatic carbocycles. The highest BCUT2D eigenvalue weighted by molar-refractivity contribution is 9.10. The van der Waals surface area contributed by atoms with Crippen LogP contribution in [0.3, 0.4) is 0 Å². The lowest BCUT2D eigenvalue weighted by Gasteiger charge is -2.36. The number of carbonyl (C=O) groups excluding carboxylic acids is 2. The van der Waals surface area contributed by atoms with Gasteiger partial charge in [0.15, 0.2) is 0 Å². The molecule has 15 heteroatoms. The Kier molecular flexibility index (Phi) is 8.91. The molecule has 0 aliphatic heterocycles. The summed E-state index contributed by atoms with van der Waals surface area (Å²) in [7, 11) is -6.11. The summed E-state index contributed by atoms with van der Waals surface area (Å²) in [5, 5.41) is 0. The SMILES string of the molecule is O=C(CCCC(=O)OC(CS(=O)(=O)[O-])(C(F)(F)F)C(F)(F)F)OCc1ccccc1Br. The number of hydrogen-bond acceptors (Lipinski definition) is 7. The highest BCUT2D eigenvalue weighted by Gasteiger charge is 2.75. The monoisotopic (exact) mass is 543 g/mol. The molecule has 0 saturated carbocycles. The van der Waals surface area contributed by atoms with Gasteiger partial charge in [-0.3, -0.25) is 9.59 Å². The molecule has 0 atom stereocenters. The topological polar surface area (TPSA) is 110 Å². The molecule has 0 aliphatic rings. The third-order valence-electron chi connectivity index (χ3n) is 3.69. The fourth-order valence-electron chi connectivity index (χ4n) is 2.19. The average molecular weight is 544 g/mol. The second-order valence-corrected chi connectivity index (χ2v) is 8.36. The molecule has 0 N–H and O–H groups in total. The van der Waals surface area contributed by atoms with Gasteiger partial charge >= 0.3 is 29.9 Å². The summed E-state index contributed by atoms with van der Waals surface area (Å²) in [4.78, 5) is 23.2. The summed E-state index contributed by atoms with van der Waals surface area (Å²) in [6, 6.07) is 6.63. The Morgan fingerprint density at radius 2 is 1.48 bits per heavy atom. The zero-order chi connectivity index (χ0) is 24.1. The number of esters is 2. The van der Waals surface area contributed by atoms with Gasteiger partial charge in [0.2, 0.25) is 0 Å². The number of halogens is 7. The molecule has 7 nitrogen and oxygen atoms in total. The van der Waals surface area contributed by atoms with E-state index in [4.69, 9.17) is 4.74 Å². The minimum Gasteiger partial charge on any atom is -0.748 e. The largest absolute Gasteiger partial charge is 0.748 e. The van der Waals surface area contributed by atoms with Gasteiger partial charge in [0.1, 0.15) is 6.61 Å². The summed E-state index contributed by atoms with van der Waals surface area (Å²) in [5.41, 5.74) is -4.95. The molecular weight excluding hydrogens is 530 g/mol. The minimum absolute atomic E-state index is 0.183. The van der Waals surface area contributed by atoms with E-state index in [1.165, 1.54) is 0 Å². The molecule has 176 valence electrons. The van der Waals surface area contributed by atoms with E-state index in [9.17, 15) is 48.9 Å². The van der Waals surface area contributed by atoms with Crippen molar-refractivity contribution in [2.24, 2.45) is 0 Å². The molecule has 0 spiro atoms. The van der Waals surface area contributed by atoms with Crippen LogP contribution < -0.4 is 0 Å². The normalized spacial score (nSPS) is 13.0. The molecule has 0 unspecified atom stereocenters. The number of ether oxygens (including phenoxy) is 2. The first-order chi connectivity index (χ1) is 14.0. The fraction of sp³-hybridized carbons (Fsp3) is 0.500. The zero-order valence-electron chi connectivity index (χ0n) is 15.3. The van der Waals surface area contributed by atoms with Crippen molar-refractivity contribution in [2.75, 3.05) is 5.75 Å². The summed E-state index contributed by atoms with van der Waals surface area (Å²) in [6.07, 6.45) is -15.1. The summed E-state index contributed by atoms with van der Waals surface area (Å²) in [6.45, 7) is -0.183. The van der Waals surface area contributed by atoms with Crippen molar-refractivity contribution in [1.29, 1.82) is 0 Å². The van der Waals surface area contributed by atoms with Crippen LogP contribution in [0.25, 0.3) is 0 Å². The molecule has 1 aromatic rings. The van der Waals surface area contributed by atoms with E-state index in [2.05, 4.69) is 20.7 Å². The summed E-state index contributed by atoms with van der Waals surface area (Å²) in [5.74, 6) is -6.08. The van der Waals surface area contributed by atoms with Crippen molar-refractivity contribution in [1.82, 2.24) is 0 Å². The van der Waals surface area contributed by atoms with E-state index in [1.807, 2.05) is 0 Å². The summed E-state index contributed by atoms with van der Waals surface area (Å²) < 4.78 is 119. The highest BCUT2D eigenvalue weighted by atomic mass is 79.9. The Morgan fingerprint density at radius 3 is 1.97 bits per heavy atom. The van der Waals surface area contributed by atoms with Gasteiger partial charge in [-0.15, -0.1) is 0 Å². The first-order valence-corrected chi connectivity index (χ1v) is 10.5. The van der Waals surface area contributed by atoms with Crippen molar-refractivity contribution >= 4 is 38.0 Å². The molecule has 0 aliphatic carbocycles. The number of benzene rings is 1. The zero-order valence-corrected chi connectivity index (χ0v) is 17.7. The van der Waals surface area contributed by atoms with Crippen LogP contribution in [-0.2, 0) is 35.8 Å². The molecule has 0 fully saturated rings. The van der Waals surface area contributed by atoms with Crippen LogP contribution in [0, 0.1) is 0 Å². The van der Waals surface area contributed by atoms with Crippen molar-refractivity contribution < 1.29 is 58.4 Å². The van der Waals surface area contributed by atoms with Crippen LogP contribution in [0.1, 0.15) is 24.8 Å². The predicted molar refractivity (Wildman–Crippen MR) is 93.3 cm³/mol. The van der Waals surface area contributed by atoms with E-state index in [-0.39, 0.29) is 6.61 Å². The lowest BCUT2D eigenvalue weighted by Crippen LogP contribution is -2.63. The Balaban J connectivity index is 2.74. The van der Waals surface area contributed by atoms with Crippen LogP contribution in [-0.4, -0.2) is 48.6 Å². The van der Waals surface area contributed by atoms with E-state index >= 15 is 0 Å². The third kappa shape index (κ3) is 7.96. The smallest absolute Gasteiger partial charge is 0.438 e. The predicted octanol–water partition coefficient (Wildman–Crippen LogP) is 3.61. The van der Waals surface area contributed by atoms with Crippen LogP contribution in [0.5, 0.6) is 0 Å². The molecule has 0 aromatic heterocycles.